The minimum Gasteiger partial charge on any atom is -0.480 e. The van der Waals surface area contributed by atoms with Gasteiger partial charge in [-0.3, -0.25) is 4.79 Å². The third-order valence-electron chi connectivity index (χ3n) is 4.22. The van der Waals surface area contributed by atoms with E-state index in [1.54, 1.807) is 0 Å². The summed E-state index contributed by atoms with van der Waals surface area (Å²) in [5.41, 5.74) is -0.151. The van der Waals surface area contributed by atoms with E-state index < -0.39 is 21.8 Å². The first kappa shape index (κ1) is 17.9. The summed E-state index contributed by atoms with van der Waals surface area (Å²) in [6.07, 6.45) is 4.67. The Morgan fingerprint density at radius 2 is 1.95 bits per heavy atom. The van der Waals surface area contributed by atoms with Crippen LogP contribution in [0.25, 0.3) is 0 Å². The van der Waals surface area contributed by atoms with Crippen LogP contribution < -0.4 is 5.32 Å². The predicted octanol–water partition coefficient (Wildman–Crippen LogP) is 1.21. The third kappa shape index (κ3) is 5.65. The molecule has 122 valence electrons. The van der Waals surface area contributed by atoms with Crippen molar-refractivity contribution in [1.29, 1.82) is 0 Å². The first-order chi connectivity index (χ1) is 9.53. The molecule has 0 radical (unpaired) electrons. The summed E-state index contributed by atoms with van der Waals surface area (Å²) in [5.74, 6) is -1.94. The number of carboxylic acids is 1. The number of amides is 1. The highest BCUT2D eigenvalue weighted by atomic mass is 32.2. The van der Waals surface area contributed by atoms with Crippen LogP contribution in [0.2, 0.25) is 0 Å². The Bertz CT molecular complexity index is 497. The summed E-state index contributed by atoms with van der Waals surface area (Å²) in [6, 6.07) is -1.15. The zero-order chi connectivity index (χ0) is 16.3. The molecule has 0 spiro atoms. The molecule has 0 heterocycles. The second-order valence-electron chi connectivity index (χ2n) is 6.60. The van der Waals surface area contributed by atoms with Crippen molar-refractivity contribution in [3.05, 3.63) is 0 Å². The maximum atomic E-state index is 12.3. The highest BCUT2D eigenvalue weighted by Crippen LogP contribution is 2.40. The lowest BCUT2D eigenvalue weighted by atomic mass is 9.68. The van der Waals surface area contributed by atoms with Gasteiger partial charge in [0.15, 0.2) is 0 Å². The third-order valence-corrected chi connectivity index (χ3v) is 5.19. The molecular weight excluding hydrogens is 294 g/mol. The van der Waals surface area contributed by atoms with Gasteiger partial charge in [-0.05, 0) is 24.7 Å². The maximum absolute atomic E-state index is 12.3. The number of carbonyl (C=O) groups excluding carboxylic acids is 1. The van der Waals surface area contributed by atoms with Crippen molar-refractivity contribution in [1.82, 2.24) is 5.32 Å². The second-order valence-corrected chi connectivity index (χ2v) is 8.86. The van der Waals surface area contributed by atoms with Crippen molar-refractivity contribution in [2.24, 2.45) is 11.3 Å². The number of carboxylic acid groups (broad SMARTS) is 1. The molecule has 6 nitrogen and oxygen atoms in total. The van der Waals surface area contributed by atoms with Crippen LogP contribution in [0.5, 0.6) is 0 Å². The van der Waals surface area contributed by atoms with E-state index in [-0.39, 0.29) is 29.4 Å². The van der Waals surface area contributed by atoms with Gasteiger partial charge < -0.3 is 10.4 Å². The molecule has 0 aromatic carbocycles. The molecule has 2 N–H and O–H groups in total. The lowest BCUT2D eigenvalue weighted by Gasteiger charge is -2.38. The van der Waals surface area contributed by atoms with Crippen molar-refractivity contribution in [2.45, 2.75) is 52.0 Å². The fourth-order valence-corrected chi connectivity index (χ4v) is 3.51. The summed E-state index contributed by atoms with van der Waals surface area (Å²) in [7, 11) is -3.25. The van der Waals surface area contributed by atoms with Gasteiger partial charge in [0.2, 0.25) is 5.91 Å². The van der Waals surface area contributed by atoms with Crippen LogP contribution in [0.15, 0.2) is 0 Å². The summed E-state index contributed by atoms with van der Waals surface area (Å²) < 4.78 is 22.3. The minimum atomic E-state index is -3.25. The molecule has 21 heavy (non-hydrogen) atoms. The van der Waals surface area contributed by atoms with E-state index in [4.69, 9.17) is 5.11 Å². The molecule has 1 saturated carbocycles. The van der Waals surface area contributed by atoms with Gasteiger partial charge in [-0.15, -0.1) is 0 Å². The van der Waals surface area contributed by atoms with Gasteiger partial charge >= 0.3 is 5.97 Å². The van der Waals surface area contributed by atoms with E-state index in [0.29, 0.717) is 0 Å². The smallest absolute Gasteiger partial charge is 0.326 e. The normalized spacial score (nSPS) is 23.3. The zero-order valence-electron chi connectivity index (χ0n) is 12.9. The lowest BCUT2D eigenvalue weighted by Crippen LogP contribution is -2.48. The topological polar surface area (TPSA) is 101 Å². The van der Waals surface area contributed by atoms with Gasteiger partial charge in [0.05, 0.1) is 5.75 Å². The van der Waals surface area contributed by atoms with Crippen LogP contribution in [0.4, 0.5) is 0 Å². The second kappa shape index (κ2) is 6.77. The van der Waals surface area contributed by atoms with E-state index in [9.17, 15) is 18.0 Å². The van der Waals surface area contributed by atoms with E-state index in [1.165, 1.54) is 0 Å². The van der Waals surface area contributed by atoms with Gasteiger partial charge in [-0.2, -0.15) is 0 Å². The van der Waals surface area contributed by atoms with E-state index >= 15 is 0 Å². The summed E-state index contributed by atoms with van der Waals surface area (Å²) in [5, 5.41) is 11.6. The molecule has 1 rings (SSSR count). The highest BCUT2D eigenvalue weighted by Gasteiger charge is 2.38. The van der Waals surface area contributed by atoms with Crippen molar-refractivity contribution >= 4 is 21.7 Å². The zero-order valence-corrected chi connectivity index (χ0v) is 13.7. The Hall–Kier alpha value is -1.11. The number of carbonyl (C=O) groups is 2. The molecule has 0 saturated heterocycles. The van der Waals surface area contributed by atoms with E-state index in [0.717, 1.165) is 31.9 Å². The molecule has 1 fully saturated rings. The van der Waals surface area contributed by atoms with Gasteiger partial charge in [-0.1, -0.05) is 26.7 Å². The fraction of sp³-hybridized carbons (Fsp3) is 0.857. The molecule has 2 atom stereocenters. The standard InChI is InChI=1S/C14H25NO5S/c1-14(2)8-5-4-6-10(14)12(16)15-11(13(17)18)7-9-21(3,19)20/h10-11H,4-9H2,1-3H3,(H,15,16)(H,17,18). The van der Waals surface area contributed by atoms with Gasteiger partial charge in [0.1, 0.15) is 15.9 Å². The summed E-state index contributed by atoms with van der Waals surface area (Å²) in [4.78, 5) is 23.5. The molecule has 0 aliphatic heterocycles. The highest BCUT2D eigenvalue weighted by molar-refractivity contribution is 7.90. The average molecular weight is 319 g/mol. The van der Waals surface area contributed by atoms with Crippen LogP contribution in [-0.2, 0) is 19.4 Å². The van der Waals surface area contributed by atoms with Crippen LogP contribution in [0.1, 0.15) is 46.0 Å². The van der Waals surface area contributed by atoms with Gasteiger partial charge in [0, 0.05) is 12.2 Å². The molecule has 1 aliphatic carbocycles. The Balaban J connectivity index is 2.70. The Kier molecular flexibility index (Phi) is 5.78. The van der Waals surface area contributed by atoms with Crippen LogP contribution >= 0.6 is 0 Å². The first-order valence-electron chi connectivity index (χ1n) is 7.24. The van der Waals surface area contributed by atoms with Crippen LogP contribution in [0, 0.1) is 11.3 Å². The minimum absolute atomic E-state index is 0.104. The SMILES string of the molecule is CC1(C)CCCCC1C(=O)NC(CCS(C)(=O)=O)C(=O)O. The van der Waals surface area contributed by atoms with Crippen molar-refractivity contribution in [3.63, 3.8) is 0 Å². The fourth-order valence-electron chi connectivity index (χ4n) is 2.84. The van der Waals surface area contributed by atoms with Crippen LogP contribution in [-0.4, -0.2) is 43.5 Å². The number of hydrogen-bond donors (Lipinski definition) is 2. The summed E-state index contributed by atoms with van der Waals surface area (Å²) in [6.45, 7) is 4.03. The average Bonchev–Trinajstić information content (AvgIpc) is 2.32. The van der Waals surface area contributed by atoms with Crippen molar-refractivity contribution < 1.29 is 23.1 Å². The molecule has 0 aromatic rings. The number of rotatable bonds is 6. The quantitative estimate of drug-likeness (QED) is 0.766. The molecular formula is C14H25NO5S. The Labute approximate surface area is 126 Å². The van der Waals surface area contributed by atoms with Crippen molar-refractivity contribution in [2.75, 3.05) is 12.0 Å². The lowest BCUT2D eigenvalue weighted by molar-refractivity contribution is -0.143. The molecule has 2 unspecified atom stereocenters. The van der Waals surface area contributed by atoms with Crippen molar-refractivity contribution in [3.8, 4) is 0 Å². The number of aliphatic carboxylic acids is 1. The first-order valence-corrected chi connectivity index (χ1v) is 9.30. The van der Waals surface area contributed by atoms with Gasteiger partial charge in [-0.25, -0.2) is 13.2 Å². The van der Waals surface area contributed by atoms with E-state index in [2.05, 4.69) is 5.32 Å². The van der Waals surface area contributed by atoms with Crippen LogP contribution in [0.3, 0.4) is 0 Å². The van der Waals surface area contributed by atoms with Gasteiger partial charge in [0.25, 0.3) is 0 Å². The van der Waals surface area contributed by atoms with E-state index in [1.807, 2.05) is 13.8 Å². The molecule has 1 amide bonds. The maximum Gasteiger partial charge on any atom is 0.326 e. The molecule has 1 aliphatic rings. The predicted molar refractivity (Wildman–Crippen MR) is 79.6 cm³/mol. The Morgan fingerprint density at radius 3 is 2.43 bits per heavy atom. The molecule has 7 heteroatoms. The summed E-state index contributed by atoms with van der Waals surface area (Å²) >= 11 is 0. The monoisotopic (exact) mass is 319 g/mol. The number of hydrogen-bond acceptors (Lipinski definition) is 4. The molecule has 0 aromatic heterocycles. The number of sulfone groups is 1. The largest absolute Gasteiger partial charge is 0.480 e. The number of nitrogens with one attached hydrogen (secondary N) is 1. The molecule has 0 bridgehead atoms. The Morgan fingerprint density at radius 1 is 1.33 bits per heavy atom.